The number of carboxylic acid groups (broad SMARTS) is 1. The van der Waals surface area contributed by atoms with Crippen LogP contribution < -0.4 is 5.32 Å². The maximum Gasteiger partial charge on any atom is 0.309 e. The zero-order valence-electron chi connectivity index (χ0n) is 20.4. The lowest BCUT2D eigenvalue weighted by Gasteiger charge is -2.43. The number of carbonyl (C=O) groups excluding carboxylic acids is 1. The summed E-state index contributed by atoms with van der Waals surface area (Å²) in [4.78, 5) is 26.4. The Kier molecular flexibility index (Phi) is 6.25. The minimum Gasteiger partial charge on any atom is -0.481 e. The zero-order chi connectivity index (χ0) is 24.8. The maximum absolute atomic E-state index is 14.1. The van der Waals surface area contributed by atoms with E-state index in [9.17, 15) is 14.7 Å². The van der Waals surface area contributed by atoms with E-state index in [0.29, 0.717) is 18.4 Å². The molecule has 182 valence electrons. The molecule has 3 aliphatic rings. The van der Waals surface area contributed by atoms with Gasteiger partial charge >= 0.3 is 5.97 Å². The fourth-order valence-electron chi connectivity index (χ4n) is 6.72. The van der Waals surface area contributed by atoms with Crippen LogP contribution in [0.5, 0.6) is 0 Å². The summed E-state index contributed by atoms with van der Waals surface area (Å²) < 4.78 is 0.938. The number of hydrogen-bond acceptors (Lipinski definition) is 2. The monoisotopic (exact) mass is 533 g/mol. The van der Waals surface area contributed by atoms with Crippen molar-refractivity contribution in [2.75, 3.05) is 0 Å². The van der Waals surface area contributed by atoms with E-state index in [0.717, 1.165) is 64.0 Å². The van der Waals surface area contributed by atoms with Gasteiger partial charge in [0.15, 0.2) is 0 Å². The predicted octanol–water partition coefficient (Wildman–Crippen LogP) is 7.51. The quantitative estimate of drug-likeness (QED) is 0.356. The topological polar surface area (TPSA) is 66.4 Å². The predicted molar refractivity (Wildman–Crippen MR) is 144 cm³/mol. The molecule has 4 nitrogen and oxygen atoms in total. The Morgan fingerprint density at radius 1 is 1.03 bits per heavy atom. The number of aliphatic carboxylic acids is 1. The third-order valence-corrected chi connectivity index (χ3v) is 9.32. The van der Waals surface area contributed by atoms with E-state index in [1.807, 2.05) is 37.3 Å². The molecule has 0 heterocycles. The normalized spacial score (nSPS) is 25.9. The van der Waals surface area contributed by atoms with Crippen molar-refractivity contribution in [3.8, 4) is 11.1 Å². The summed E-state index contributed by atoms with van der Waals surface area (Å²) in [6, 6.07) is 18.5. The lowest BCUT2D eigenvalue weighted by Crippen LogP contribution is -2.52. The first kappa shape index (κ1) is 24.1. The highest BCUT2D eigenvalue weighted by atomic mass is 79.9. The molecule has 0 aromatic heterocycles. The first-order chi connectivity index (χ1) is 16.8. The van der Waals surface area contributed by atoms with Crippen LogP contribution in [0.2, 0.25) is 0 Å². The Morgan fingerprint density at radius 3 is 2.40 bits per heavy atom. The second-order valence-electron chi connectivity index (χ2n) is 10.5. The molecule has 1 atom stereocenters. The van der Waals surface area contributed by atoms with Crippen molar-refractivity contribution in [2.24, 2.45) is 11.3 Å². The van der Waals surface area contributed by atoms with Gasteiger partial charge in [-0.15, -0.1) is 0 Å². The third kappa shape index (κ3) is 4.08. The Balaban J connectivity index is 1.56. The molecule has 3 aliphatic carbocycles. The highest BCUT2D eigenvalue weighted by molar-refractivity contribution is 9.10. The van der Waals surface area contributed by atoms with E-state index in [4.69, 9.17) is 0 Å². The summed E-state index contributed by atoms with van der Waals surface area (Å²) in [7, 11) is 0. The van der Waals surface area contributed by atoms with Crippen LogP contribution in [-0.4, -0.2) is 22.5 Å². The molecular weight excluding hydrogens is 502 g/mol. The standard InChI is InChI=1S/C30H32BrNO3/c1-3-22-11-12-29(13-15-30(22,16-14-29)28(34)35)32-27(33)26-19(2)24(20-7-5-4-6-8-20)17-21-9-10-23(31)18-25(21)26/h4-10,17-18,22H,3,11-16H2,1-2H3,(H,32,33)(H,34,35). The van der Waals surface area contributed by atoms with Gasteiger partial charge in [-0.25, -0.2) is 0 Å². The zero-order valence-corrected chi connectivity index (χ0v) is 22.0. The van der Waals surface area contributed by atoms with Crippen LogP contribution >= 0.6 is 15.9 Å². The highest BCUT2D eigenvalue weighted by Crippen LogP contribution is 2.54. The number of fused-ring (bicyclic) bond motifs is 5. The maximum atomic E-state index is 14.1. The number of carboxylic acids is 1. The van der Waals surface area contributed by atoms with Crippen LogP contribution in [0.15, 0.2) is 59.1 Å². The van der Waals surface area contributed by atoms with Crippen molar-refractivity contribution >= 4 is 38.6 Å². The number of hydrogen-bond donors (Lipinski definition) is 2. The van der Waals surface area contributed by atoms with Crippen molar-refractivity contribution in [3.05, 3.63) is 70.2 Å². The summed E-state index contributed by atoms with van der Waals surface area (Å²) in [5.41, 5.74) is 2.85. The molecule has 0 aliphatic heterocycles. The van der Waals surface area contributed by atoms with Crippen molar-refractivity contribution < 1.29 is 14.7 Å². The molecule has 2 N–H and O–H groups in total. The number of amides is 1. The van der Waals surface area contributed by atoms with Crippen LogP contribution in [0.4, 0.5) is 0 Å². The van der Waals surface area contributed by atoms with E-state index in [1.165, 1.54) is 0 Å². The molecule has 3 aromatic rings. The number of nitrogens with one attached hydrogen (secondary N) is 1. The number of rotatable bonds is 5. The SMILES string of the molecule is CCC1CCC2(NC(=O)c3c(C)c(-c4ccccc4)cc4ccc(Br)cc34)CCC1(C(=O)O)CC2. The second-order valence-corrected chi connectivity index (χ2v) is 11.4. The van der Waals surface area contributed by atoms with E-state index in [2.05, 4.69) is 52.4 Å². The third-order valence-electron chi connectivity index (χ3n) is 8.82. The summed E-state index contributed by atoms with van der Waals surface area (Å²) in [5, 5.41) is 15.5. The molecule has 1 unspecified atom stereocenters. The average molecular weight is 534 g/mol. The van der Waals surface area contributed by atoms with Gasteiger partial charge in [-0.3, -0.25) is 9.59 Å². The van der Waals surface area contributed by atoms with Gasteiger partial charge in [0.1, 0.15) is 0 Å². The fraction of sp³-hybridized carbons (Fsp3) is 0.400. The second kappa shape index (κ2) is 9.09. The molecule has 5 heteroatoms. The Hall–Kier alpha value is -2.66. The van der Waals surface area contributed by atoms with Gasteiger partial charge in [-0.1, -0.05) is 65.7 Å². The molecule has 1 amide bonds. The molecule has 0 radical (unpaired) electrons. The van der Waals surface area contributed by atoms with Crippen LogP contribution in [0.25, 0.3) is 21.9 Å². The van der Waals surface area contributed by atoms with Gasteiger partial charge in [0.25, 0.3) is 5.91 Å². The smallest absolute Gasteiger partial charge is 0.309 e. The molecule has 6 rings (SSSR count). The Morgan fingerprint density at radius 2 is 1.74 bits per heavy atom. The van der Waals surface area contributed by atoms with Crippen molar-refractivity contribution in [1.82, 2.24) is 5.32 Å². The molecule has 3 aromatic carbocycles. The van der Waals surface area contributed by atoms with Crippen LogP contribution in [0.1, 0.15) is 67.8 Å². The highest BCUT2D eigenvalue weighted by Gasteiger charge is 2.54. The lowest BCUT2D eigenvalue weighted by atomic mass is 9.64. The van der Waals surface area contributed by atoms with Gasteiger partial charge in [-0.2, -0.15) is 0 Å². The van der Waals surface area contributed by atoms with Crippen LogP contribution in [0, 0.1) is 18.3 Å². The summed E-state index contributed by atoms with van der Waals surface area (Å²) in [5.74, 6) is -0.546. The largest absolute Gasteiger partial charge is 0.481 e. The lowest BCUT2D eigenvalue weighted by molar-refractivity contribution is -0.155. The molecule has 35 heavy (non-hydrogen) atoms. The van der Waals surface area contributed by atoms with E-state index in [-0.39, 0.29) is 17.4 Å². The molecule has 2 bridgehead atoms. The first-order valence-corrected chi connectivity index (χ1v) is 13.4. The van der Waals surface area contributed by atoms with Gasteiger partial charge < -0.3 is 10.4 Å². The molecule has 0 spiro atoms. The van der Waals surface area contributed by atoms with Crippen LogP contribution in [-0.2, 0) is 4.79 Å². The van der Waals surface area contributed by atoms with E-state index < -0.39 is 11.4 Å². The molecule has 3 fully saturated rings. The van der Waals surface area contributed by atoms with Crippen LogP contribution in [0.3, 0.4) is 0 Å². The molecular formula is C30H32BrNO3. The minimum absolute atomic E-state index is 0.0545. The summed E-state index contributed by atoms with van der Waals surface area (Å²) in [6.45, 7) is 4.13. The van der Waals surface area contributed by atoms with Gasteiger partial charge in [0.2, 0.25) is 0 Å². The fourth-order valence-corrected chi connectivity index (χ4v) is 7.08. The Bertz CT molecular complexity index is 1290. The number of carbonyl (C=O) groups is 2. The molecule has 3 saturated carbocycles. The number of halogens is 1. The van der Waals surface area contributed by atoms with Crippen molar-refractivity contribution in [1.29, 1.82) is 0 Å². The minimum atomic E-state index is -0.659. The number of benzene rings is 3. The average Bonchev–Trinajstić information content (AvgIpc) is 3.11. The van der Waals surface area contributed by atoms with Gasteiger partial charge in [0, 0.05) is 10.0 Å². The Labute approximate surface area is 215 Å². The van der Waals surface area contributed by atoms with Crippen molar-refractivity contribution in [2.45, 2.75) is 64.3 Å². The molecule has 0 saturated heterocycles. The van der Waals surface area contributed by atoms with Gasteiger partial charge in [-0.05, 0) is 97.0 Å². The van der Waals surface area contributed by atoms with Crippen molar-refractivity contribution in [3.63, 3.8) is 0 Å². The van der Waals surface area contributed by atoms with E-state index >= 15 is 0 Å². The van der Waals surface area contributed by atoms with Gasteiger partial charge in [0.05, 0.1) is 11.0 Å². The summed E-state index contributed by atoms with van der Waals surface area (Å²) in [6.07, 6.45) is 5.27. The van der Waals surface area contributed by atoms with E-state index in [1.54, 1.807) is 0 Å². The first-order valence-electron chi connectivity index (χ1n) is 12.6. The summed E-state index contributed by atoms with van der Waals surface area (Å²) >= 11 is 3.59.